The standard InChI is InChI=1S/C22H27N3O3S/c1-4-28-18-10-9-15(11-19(18)27-3)13-25(2)14-21(26)24-22-17(12-23)16-7-5-6-8-20(16)29-22/h9-11H,4-8,13-14H2,1-3H3,(H,24,26). The monoisotopic (exact) mass is 413 g/mol. The molecular formula is C22H27N3O3S. The highest BCUT2D eigenvalue weighted by Gasteiger charge is 2.22. The molecule has 6 nitrogen and oxygen atoms in total. The molecule has 1 aliphatic rings. The van der Waals surface area contributed by atoms with E-state index in [1.54, 1.807) is 18.4 Å². The van der Waals surface area contributed by atoms with Gasteiger partial charge in [-0.2, -0.15) is 5.26 Å². The highest BCUT2D eigenvalue weighted by Crippen LogP contribution is 2.37. The second-order valence-electron chi connectivity index (χ2n) is 7.17. The maximum Gasteiger partial charge on any atom is 0.239 e. The number of ether oxygens (including phenoxy) is 2. The van der Waals surface area contributed by atoms with E-state index in [0.29, 0.717) is 35.2 Å². The number of nitriles is 1. The van der Waals surface area contributed by atoms with Crippen LogP contribution in [0, 0.1) is 11.3 Å². The lowest BCUT2D eigenvalue weighted by Crippen LogP contribution is -2.29. The maximum absolute atomic E-state index is 12.6. The fourth-order valence-electron chi connectivity index (χ4n) is 3.64. The second kappa shape index (κ2) is 9.77. The van der Waals surface area contributed by atoms with Crippen LogP contribution in [0.1, 0.15) is 41.3 Å². The van der Waals surface area contributed by atoms with Gasteiger partial charge in [-0.05, 0) is 62.9 Å². The van der Waals surface area contributed by atoms with Crippen molar-refractivity contribution < 1.29 is 14.3 Å². The quantitative estimate of drug-likeness (QED) is 0.709. The number of anilines is 1. The van der Waals surface area contributed by atoms with E-state index in [2.05, 4.69) is 11.4 Å². The van der Waals surface area contributed by atoms with Crippen molar-refractivity contribution in [2.45, 2.75) is 39.2 Å². The number of hydrogen-bond donors (Lipinski definition) is 1. The van der Waals surface area contributed by atoms with Crippen LogP contribution in [-0.4, -0.2) is 38.1 Å². The number of benzene rings is 1. The Bertz CT molecular complexity index is 917. The predicted molar refractivity (Wildman–Crippen MR) is 115 cm³/mol. The van der Waals surface area contributed by atoms with Crippen LogP contribution < -0.4 is 14.8 Å². The van der Waals surface area contributed by atoms with Crippen molar-refractivity contribution in [3.8, 4) is 17.6 Å². The zero-order chi connectivity index (χ0) is 20.8. The third kappa shape index (κ3) is 5.08. The van der Waals surface area contributed by atoms with Crippen molar-refractivity contribution in [2.75, 3.05) is 32.6 Å². The van der Waals surface area contributed by atoms with E-state index in [-0.39, 0.29) is 12.5 Å². The predicted octanol–water partition coefficient (Wildman–Crippen LogP) is 3.98. The molecule has 0 atom stereocenters. The number of nitrogens with one attached hydrogen (secondary N) is 1. The molecule has 0 bridgehead atoms. The first kappa shape index (κ1) is 21.2. The summed E-state index contributed by atoms with van der Waals surface area (Å²) < 4.78 is 10.9. The number of aryl methyl sites for hydroxylation is 1. The van der Waals surface area contributed by atoms with Crippen LogP contribution >= 0.6 is 11.3 Å². The number of methoxy groups -OCH3 is 1. The number of rotatable bonds is 8. The third-order valence-electron chi connectivity index (χ3n) is 4.93. The van der Waals surface area contributed by atoms with Gasteiger partial charge in [0.05, 0.1) is 25.8 Å². The second-order valence-corrected chi connectivity index (χ2v) is 8.27. The summed E-state index contributed by atoms with van der Waals surface area (Å²) in [6.45, 7) is 3.35. The molecule has 154 valence electrons. The highest BCUT2D eigenvalue weighted by molar-refractivity contribution is 7.16. The van der Waals surface area contributed by atoms with Gasteiger partial charge in [-0.1, -0.05) is 6.07 Å². The smallest absolute Gasteiger partial charge is 0.239 e. The minimum Gasteiger partial charge on any atom is -0.493 e. The number of amides is 1. The van der Waals surface area contributed by atoms with Crippen molar-refractivity contribution in [1.29, 1.82) is 5.26 Å². The Hall–Kier alpha value is -2.56. The first-order valence-corrected chi connectivity index (χ1v) is 10.7. The molecule has 0 radical (unpaired) electrons. The summed E-state index contributed by atoms with van der Waals surface area (Å²) in [6, 6.07) is 8.08. The van der Waals surface area contributed by atoms with E-state index in [1.807, 2.05) is 37.1 Å². The third-order valence-corrected chi connectivity index (χ3v) is 6.14. The lowest BCUT2D eigenvalue weighted by atomic mass is 9.96. The van der Waals surface area contributed by atoms with Crippen molar-refractivity contribution in [2.24, 2.45) is 0 Å². The summed E-state index contributed by atoms with van der Waals surface area (Å²) in [5.41, 5.74) is 2.82. The van der Waals surface area contributed by atoms with Gasteiger partial charge in [-0.25, -0.2) is 0 Å². The lowest BCUT2D eigenvalue weighted by Gasteiger charge is -2.17. The van der Waals surface area contributed by atoms with Gasteiger partial charge in [-0.15, -0.1) is 11.3 Å². The van der Waals surface area contributed by atoms with E-state index in [9.17, 15) is 10.1 Å². The Kier molecular flexibility index (Phi) is 7.13. The Labute approximate surface area is 176 Å². The Morgan fingerprint density at radius 3 is 2.83 bits per heavy atom. The van der Waals surface area contributed by atoms with E-state index in [4.69, 9.17) is 9.47 Å². The molecule has 0 fully saturated rings. The number of fused-ring (bicyclic) bond motifs is 1. The van der Waals surface area contributed by atoms with Crippen LogP contribution in [0.3, 0.4) is 0 Å². The molecule has 1 N–H and O–H groups in total. The molecule has 1 heterocycles. The summed E-state index contributed by atoms with van der Waals surface area (Å²) in [5, 5.41) is 13.2. The van der Waals surface area contributed by atoms with Gasteiger partial charge in [-0.3, -0.25) is 9.69 Å². The van der Waals surface area contributed by atoms with Gasteiger partial charge in [0, 0.05) is 11.4 Å². The van der Waals surface area contributed by atoms with Crippen molar-refractivity contribution in [3.05, 3.63) is 39.8 Å². The summed E-state index contributed by atoms with van der Waals surface area (Å²) in [4.78, 5) is 15.7. The Morgan fingerprint density at radius 2 is 2.10 bits per heavy atom. The number of carbonyl (C=O) groups excluding carboxylic acids is 1. The molecule has 7 heteroatoms. The maximum atomic E-state index is 12.6. The minimum absolute atomic E-state index is 0.111. The number of nitrogens with zero attached hydrogens (tertiary/aromatic N) is 2. The highest BCUT2D eigenvalue weighted by atomic mass is 32.1. The molecule has 1 aliphatic carbocycles. The molecule has 0 spiro atoms. The zero-order valence-corrected chi connectivity index (χ0v) is 18.0. The number of thiophene rings is 1. The Balaban J connectivity index is 1.61. The van der Waals surface area contributed by atoms with Gasteiger partial charge in [0.1, 0.15) is 11.1 Å². The van der Waals surface area contributed by atoms with Gasteiger partial charge in [0.25, 0.3) is 0 Å². The van der Waals surface area contributed by atoms with Gasteiger partial charge in [0.15, 0.2) is 11.5 Å². The number of likely N-dealkylation sites (N-methyl/N-ethyl adjacent to an activating group) is 1. The fraction of sp³-hybridized carbons (Fsp3) is 0.455. The van der Waals surface area contributed by atoms with E-state index >= 15 is 0 Å². The summed E-state index contributed by atoms with van der Waals surface area (Å²) in [5.74, 6) is 1.29. The molecule has 2 aromatic rings. The SMILES string of the molecule is CCOc1ccc(CN(C)CC(=O)Nc2sc3c(c2C#N)CCCC3)cc1OC. The first-order chi connectivity index (χ1) is 14.0. The van der Waals surface area contributed by atoms with Crippen LogP contribution in [0.2, 0.25) is 0 Å². The molecule has 0 saturated carbocycles. The molecule has 0 unspecified atom stereocenters. The van der Waals surface area contributed by atoms with Crippen molar-refractivity contribution in [3.63, 3.8) is 0 Å². The molecule has 1 amide bonds. The van der Waals surface area contributed by atoms with Crippen LogP contribution in [-0.2, 0) is 24.2 Å². The van der Waals surface area contributed by atoms with Gasteiger partial charge >= 0.3 is 0 Å². The summed E-state index contributed by atoms with van der Waals surface area (Å²) in [6.07, 6.45) is 4.20. The van der Waals surface area contributed by atoms with Crippen molar-refractivity contribution >= 4 is 22.2 Å². The molecule has 0 aliphatic heterocycles. The molecular weight excluding hydrogens is 386 g/mol. The van der Waals surface area contributed by atoms with Crippen LogP contribution in [0.25, 0.3) is 0 Å². The average Bonchev–Trinajstić information content (AvgIpc) is 3.05. The molecule has 29 heavy (non-hydrogen) atoms. The molecule has 3 rings (SSSR count). The lowest BCUT2D eigenvalue weighted by molar-refractivity contribution is -0.117. The Morgan fingerprint density at radius 1 is 1.31 bits per heavy atom. The normalized spacial score (nSPS) is 12.9. The first-order valence-electron chi connectivity index (χ1n) is 9.88. The molecule has 1 aromatic heterocycles. The molecule has 0 saturated heterocycles. The molecule has 1 aromatic carbocycles. The van der Waals surface area contributed by atoms with E-state index in [0.717, 1.165) is 36.8 Å². The van der Waals surface area contributed by atoms with Crippen LogP contribution in [0.4, 0.5) is 5.00 Å². The van der Waals surface area contributed by atoms with Gasteiger partial charge in [0.2, 0.25) is 5.91 Å². The van der Waals surface area contributed by atoms with Gasteiger partial charge < -0.3 is 14.8 Å². The van der Waals surface area contributed by atoms with E-state index in [1.165, 1.54) is 4.88 Å². The van der Waals surface area contributed by atoms with Crippen LogP contribution in [0.15, 0.2) is 18.2 Å². The summed E-state index contributed by atoms with van der Waals surface area (Å²) in [7, 11) is 3.51. The largest absolute Gasteiger partial charge is 0.493 e. The zero-order valence-electron chi connectivity index (χ0n) is 17.2. The minimum atomic E-state index is -0.111. The fourth-order valence-corrected chi connectivity index (χ4v) is 4.89. The van der Waals surface area contributed by atoms with E-state index < -0.39 is 0 Å². The number of hydrogen-bond acceptors (Lipinski definition) is 6. The van der Waals surface area contributed by atoms with Crippen LogP contribution in [0.5, 0.6) is 11.5 Å². The van der Waals surface area contributed by atoms with Crippen molar-refractivity contribution in [1.82, 2.24) is 4.90 Å². The number of carbonyl (C=O) groups is 1. The summed E-state index contributed by atoms with van der Waals surface area (Å²) >= 11 is 1.55. The topological polar surface area (TPSA) is 74.6 Å². The average molecular weight is 414 g/mol.